The standard InChI is InChI=1S/C14H29N.ClH/c1-4-7-10-13-15(12-9-6-3)14-11-8-5-2;/h6H,3-5,7-14H2,1-2H3;1H. The number of unbranched alkanes of at least 4 members (excludes halogenated alkanes) is 4. The number of nitrogens with zero attached hydrogens (tertiary/aromatic N) is 1. The molecule has 0 aliphatic rings. The lowest BCUT2D eigenvalue weighted by molar-refractivity contribution is 0.266. The monoisotopic (exact) mass is 247 g/mol. The molecule has 0 aliphatic heterocycles. The Labute approximate surface area is 109 Å². The van der Waals surface area contributed by atoms with Gasteiger partial charge in [0.05, 0.1) is 0 Å². The quantitative estimate of drug-likeness (QED) is 0.379. The van der Waals surface area contributed by atoms with Crippen molar-refractivity contribution in [3.8, 4) is 0 Å². The number of halogens is 1. The summed E-state index contributed by atoms with van der Waals surface area (Å²) in [5, 5.41) is 0. The summed E-state index contributed by atoms with van der Waals surface area (Å²) in [7, 11) is 0. The van der Waals surface area contributed by atoms with Gasteiger partial charge in [0.2, 0.25) is 0 Å². The predicted octanol–water partition coefficient (Wildman–Crippen LogP) is 4.67. The van der Waals surface area contributed by atoms with Crippen LogP contribution in [0, 0.1) is 0 Å². The van der Waals surface area contributed by atoms with Gasteiger partial charge in [-0.3, -0.25) is 0 Å². The van der Waals surface area contributed by atoms with Crippen molar-refractivity contribution in [3.63, 3.8) is 0 Å². The highest BCUT2D eigenvalue weighted by Gasteiger charge is 2.02. The highest BCUT2D eigenvalue weighted by Crippen LogP contribution is 2.03. The molecule has 0 fully saturated rings. The maximum atomic E-state index is 3.80. The molecule has 0 spiro atoms. The maximum Gasteiger partial charge on any atom is 0.00158 e. The largest absolute Gasteiger partial charge is 0.303 e. The molecule has 0 unspecified atom stereocenters. The van der Waals surface area contributed by atoms with Gasteiger partial charge in [-0.15, -0.1) is 19.0 Å². The van der Waals surface area contributed by atoms with E-state index in [-0.39, 0.29) is 12.4 Å². The smallest absolute Gasteiger partial charge is 0.00158 e. The first kappa shape index (κ1) is 18.4. The molecule has 0 saturated heterocycles. The SMILES string of the molecule is C=CCCN(CCCCC)CCCCC.Cl. The Kier molecular flexibility index (Phi) is 17.2. The second-order valence-electron chi connectivity index (χ2n) is 4.33. The Morgan fingerprint density at radius 3 is 1.75 bits per heavy atom. The Hall–Kier alpha value is -0.0100. The van der Waals surface area contributed by atoms with Crippen LogP contribution >= 0.6 is 12.4 Å². The van der Waals surface area contributed by atoms with E-state index in [1.807, 2.05) is 6.08 Å². The van der Waals surface area contributed by atoms with E-state index in [1.165, 1.54) is 58.2 Å². The van der Waals surface area contributed by atoms with E-state index in [1.54, 1.807) is 0 Å². The van der Waals surface area contributed by atoms with Gasteiger partial charge >= 0.3 is 0 Å². The molecule has 0 aromatic heterocycles. The van der Waals surface area contributed by atoms with Crippen LogP contribution in [-0.2, 0) is 0 Å². The molecule has 0 N–H and O–H groups in total. The Morgan fingerprint density at radius 1 is 0.875 bits per heavy atom. The van der Waals surface area contributed by atoms with Crippen molar-refractivity contribution in [1.29, 1.82) is 0 Å². The third-order valence-corrected chi connectivity index (χ3v) is 2.81. The van der Waals surface area contributed by atoms with Crippen LogP contribution in [0.3, 0.4) is 0 Å². The van der Waals surface area contributed by atoms with Crippen molar-refractivity contribution in [2.75, 3.05) is 19.6 Å². The first-order chi connectivity index (χ1) is 7.35. The third kappa shape index (κ3) is 12.1. The fraction of sp³-hybridized carbons (Fsp3) is 0.857. The highest BCUT2D eigenvalue weighted by atomic mass is 35.5. The van der Waals surface area contributed by atoms with Crippen LogP contribution in [0.15, 0.2) is 12.7 Å². The summed E-state index contributed by atoms with van der Waals surface area (Å²) in [6, 6.07) is 0. The zero-order chi connectivity index (χ0) is 11.4. The van der Waals surface area contributed by atoms with E-state index in [4.69, 9.17) is 0 Å². The van der Waals surface area contributed by atoms with Crippen LogP contribution in [0.1, 0.15) is 58.8 Å². The van der Waals surface area contributed by atoms with Crippen LogP contribution in [0.5, 0.6) is 0 Å². The molecular formula is C14H30ClN. The summed E-state index contributed by atoms with van der Waals surface area (Å²) in [4.78, 5) is 2.60. The lowest BCUT2D eigenvalue weighted by Gasteiger charge is -2.21. The van der Waals surface area contributed by atoms with Gasteiger partial charge in [0.15, 0.2) is 0 Å². The molecule has 16 heavy (non-hydrogen) atoms. The van der Waals surface area contributed by atoms with Gasteiger partial charge in [-0.2, -0.15) is 0 Å². The molecule has 0 aromatic carbocycles. The van der Waals surface area contributed by atoms with Crippen molar-refractivity contribution in [2.45, 2.75) is 58.8 Å². The van der Waals surface area contributed by atoms with E-state index < -0.39 is 0 Å². The first-order valence-corrected chi connectivity index (χ1v) is 6.68. The van der Waals surface area contributed by atoms with Gasteiger partial charge in [-0.1, -0.05) is 45.6 Å². The molecular weight excluding hydrogens is 218 g/mol. The minimum atomic E-state index is 0. The number of rotatable bonds is 11. The molecule has 2 heteroatoms. The molecule has 0 radical (unpaired) electrons. The molecule has 0 saturated carbocycles. The van der Waals surface area contributed by atoms with Crippen LogP contribution in [-0.4, -0.2) is 24.5 Å². The normalized spacial score (nSPS) is 10.2. The Bertz CT molecular complexity index is 127. The zero-order valence-corrected chi connectivity index (χ0v) is 12.0. The fourth-order valence-corrected chi connectivity index (χ4v) is 1.78. The van der Waals surface area contributed by atoms with Crippen molar-refractivity contribution >= 4 is 12.4 Å². The van der Waals surface area contributed by atoms with E-state index in [0.29, 0.717) is 0 Å². The molecule has 0 rings (SSSR count). The summed E-state index contributed by atoms with van der Waals surface area (Å²) in [6.45, 7) is 12.1. The minimum Gasteiger partial charge on any atom is -0.303 e. The molecule has 0 amide bonds. The average molecular weight is 248 g/mol. The van der Waals surface area contributed by atoms with E-state index in [9.17, 15) is 0 Å². The van der Waals surface area contributed by atoms with Gasteiger partial charge in [-0.25, -0.2) is 0 Å². The summed E-state index contributed by atoms with van der Waals surface area (Å²) < 4.78 is 0. The zero-order valence-electron chi connectivity index (χ0n) is 11.2. The minimum absolute atomic E-state index is 0. The van der Waals surface area contributed by atoms with Crippen molar-refractivity contribution < 1.29 is 0 Å². The summed E-state index contributed by atoms with van der Waals surface area (Å²) in [6.07, 6.45) is 11.3. The lowest BCUT2D eigenvalue weighted by Crippen LogP contribution is -2.27. The highest BCUT2D eigenvalue weighted by molar-refractivity contribution is 5.85. The van der Waals surface area contributed by atoms with Gasteiger partial charge in [0.25, 0.3) is 0 Å². The Morgan fingerprint density at radius 2 is 1.38 bits per heavy atom. The summed E-state index contributed by atoms with van der Waals surface area (Å²) >= 11 is 0. The first-order valence-electron chi connectivity index (χ1n) is 6.68. The summed E-state index contributed by atoms with van der Waals surface area (Å²) in [5.41, 5.74) is 0. The molecule has 98 valence electrons. The lowest BCUT2D eigenvalue weighted by atomic mass is 10.2. The Balaban J connectivity index is 0. The van der Waals surface area contributed by atoms with Gasteiger partial charge in [0.1, 0.15) is 0 Å². The third-order valence-electron chi connectivity index (χ3n) is 2.81. The van der Waals surface area contributed by atoms with Crippen molar-refractivity contribution in [2.24, 2.45) is 0 Å². The van der Waals surface area contributed by atoms with E-state index in [0.717, 1.165) is 6.42 Å². The molecule has 0 heterocycles. The van der Waals surface area contributed by atoms with Crippen LogP contribution in [0.2, 0.25) is 0 Å². The van der Waals surface area contributed by atoms with Crippen LogP contribution in [0.25, 0.3) is 0 Å². The van der Waals surface area contributed by atoms with Crippen molar-refractivity contribution in [3.05, 3.63) is 12.7 Å². The van der Waals surface area contributed by atoms with Gasteiger partial charge < -0.3 is 4.90 Å². The van der Waals surface area contributed by atoms with Crippen molar-refractivity contribution in [1.82, 2.24) is 4.90 Å². The average Bonchev–Trinajstić information content (AvgIpc) is 2.25. The number of hydrogen-bond acceptors (Lipinski definition) is 1. The predicted molar refractivity (Wildman–Crippen MR) is 77.6 cm³/mol. The maximum absolute atomic E-state index is 3.80. The molecule has 1 nitrogen and oxygen atoms in total. The second-order valence-corrected chi connectivity index (χ2v) is 4.33. The fourth-order valence-electron chi connectivity index (χ4n) is 1.78. The van der Waals surface area contributed by atoms with Crippen LogP contribution in [0.4, 0.5) is 0 Å². The van der Waals surface area contributed by atoms with E-state index >= 15 is 0 Å². The second kappa shape index (κ2) is 15.0. The topological polar surface area (TPSA) is 3.24 Å². The molecule has 0 atom stereocenters. The van der Waals surface area contributed by atoms with Gasteiger partial charge in [0, 0.05) is 6.54 Å². The molecule has 0 bridgehead atoms. The molecule has 0 aromatic rings. The van der Waals surface area contributed by atoms with E-state index in [2.05, 4.69) is 25.3 Å². The van der Waals surface area contributed by atoms with Gasteiger partial charge in [-0.05, 0) is 32.4 Å². The number of hydrogen-bond donors (Lipinski definition) is 0. The molecule has 0 aliphatic carbocycles. The summed E-state index contributed by atoms with van der Waals surface area (Å²) in [5.74, 6) is 0. The van der Waals surface area contributed by atoms with Crippen LogP contribution < -0.4 is 0 Å².